The zero-order valence-corrected chi connectivity index (χ0v) is 42.3. The number of carbonyl (C=O) groups is 5. The number of ether oxygens (including phenoxy) is 3. The molecule has 0 radical (unpaired) electrons. The van der Waals surface area contributed by atoms with Crippen molar-refractivity contribution >= 4 is 41.0 Å². The first-order valence-electron chi connectivity index (χ1n) is 24.6. The van der Waals surface area contributed by atoms with Gasteiger partial charge >= 0.3 is 0 Å². The summed E-state index contributed by atoms with van der Waals surface area (Å²) in [5.74, 6) is -0.905. The van der Waals surface area contributed by atoms with Crippen molar-refractivity contribution in [2.75, 3.05) is 71.5 Å². The molecule has 19 nitrogen and oxygen atoms in total. The van der Waals surface area contributed by atoms with Crippen LogP contribution in [0.1, 0.15) is 101 Å². The second kappa shape index (κ2) is 25.2. The van der Waals surface area contributed by atoms with Crippen LogP contribution in [0.2, 0.25) is 0 Å². The van der Waals surface area contributed by atoms with Crippen molar-refractivity contribution in [1.82, 2.24) is 51.0 Å². The Bertz CT molecular complexity index is 2430. The average molecular weight is 986 g/mol. The maximum absolute atomic E-state index is 14.4. The monoisotopic (exact) mass is 986 g/mol. The van der Waals surface area contributed by atoms with Crippen LogP contribution >= 0.6 is 0 Å². The van der Waals surface area contributed by atoms with E-state index in [0.717, 1.165) is 5.56 Å². The number of rotatable bonds is 21. The number of fused-ring (bicyclic) bond motifs is 2. The van der Waals surface area contributed by atoms with Gasteiger partial charge < -0.3 is 55.9 Å². The molecule has 7 atom stereocenters. The largest absolute Gasteiger partial charge is 0.489 e. The SMILES string of the molecule is CC[C@@H](NC(=O)[C@@H]1C[C@H](NCCOCCOCCC(=O)NCCN2C[C@H](C)Oc3ccc(F)cc3[C@@H](C)Nc3ccn4ncc(c4n3)C2=O)CN1C(=O)[C@@H](NC(=O)[C@H](C)NC)C(C)(C)C)c1ccccc1. The van der Waals surface area contributed by atoms with Crippen molar-refractivity contribution in [3.8, 4) is 5.75 Å². The fraction of sp³-hybridized carbons (Fsp3) is 0.549. The highest BCUT2D eigenvalue weighted by Gasteiger charge is 2.45. The van der Waals surface area contributed by atoms with Crippen LogP contribution in [0.15, 0.2) is 67.0 Å². The van der Waals surface area contributed by atoms with E-state index >= 15 is 0 Å². The summed E-state index contributed by atoms with van der Waals surface area (Å²) in [6.45, 7) is 15.4. The first-order chi connectivity index (χ1) is 34.0. The number of hydrogen-bond acceptors (Lipinski definition) is 13. The Labute approximate surface area is 415 Å². The Morgan fingerprint density at radius 2 is 1.72 bits per heavy atom. The number of likely N-dealkylation sites (tertiary alicyclic amines) is 1. The van der Waals surface area contributed by atoms with E-state index in [1.165, 1.54) is 22.8 Å². The molecule has 5 amide bonds. The number of anilines is 1. The summed E-state index contributed by atoms with van der Waals surface area (Å²) in [7, 11) is 1.68. The summed E-state index contributed by atoms with van der Waals surface area (Å²) in [5, 5.41) is 23.0. The summed E-state index contributed by atoms with van der Waals surface area (Å²) in [6.07, 6.45) is 3.81. The van der Waals surface area contributed by atoms with Gasteiger partial charge in [0.05, 0.1) is 57.3 Å². The van der Waals surface area contributed by atoms with E-state index in [1.54, 1.807) is 42.1 Å². The van der Waals surface area contributed by atoms with E-state index in [2.05, 4.69) is 42.0 Å². The van der Waals surface area contributed by atoms with E-state index in [9.17, 15) is 28.4 Å². The van der Waals surface area contributed by atoms with Crippen LogP contribution < -0.4 is 36.6 Å². The molecule has 1 fully saturated rings. The highest BCUT2D eigenvalue weighted by Crippen LogP contribution is 2.31. The fourth-order valence-corrected chi connectivity index (χ4v) is 8.68. The number of likely N-dealkylation sites (N-methyl/N-ethyl adjacent to an activating group) is 1. The molecule has 4 aromatic rings. The van der Waals surface area contributed by atoms with E-state index in [4.69, 9.17) is 14.2 Å². The number of aromatic nitrogens is 3. The summed E-state index contributed by atoms with van der Waals surface area (Å²) >= 11 is 0. The Kier molecular flexibility index (Phi) is 19.2. The number of amides is 5. The third-order valence-electron chi connectivity index (χ3n) is 12.8. The van der Waals surface area contributed by atoms with Crippen LogP contribution in [0.25, 0.3) is 5.65 Å². The Balaban J connectivity index is 0.946. The van der Waals surface area contributed by atoms with Crippen LogP contribution in [0.3, 0.4) is 0 Å². The number of hydrogen-bond donors (Lipinski definition) is 6. The van der Waals surface area contributed by atoms with Gasteiger partial charge in [-0.1, -0.05) is 58.0 Å². The van der Waals surface area contributed by atoms with Gasteiger partial charge in [0, 0.05) is 50.4 Å². The predicted molar refractivity (Wildman–Crippen MR) is 266 cm³/mol. The van der Waals surface area contributed by atoms with Gasteiger partial charge in [0.25, 0.3) is 5.91 Å². The molecule has 4 heterocycles. The zero-order chi connectivity index (χ0) is 51.2. The normalized spacial score (nSPS) is 19.6. The number of carbonyl (C=O) groups excluding carboxylic acids is 5. The van der Waals surface area contributed by atoms with E-state index < -0.39 is 35.5 Å². The van der Waals surface area contributed by atoms with Gasteiger partial charge in [0.1, 0.15) is 41.1 Å². The minimum atomic E-state index is -0.868. The zero-order valence-electron chi connectivity index (χ0n) is 42.3. The summed E-state index contributed by atoms with van der Waals surface area (Å²) in [6, 6.07) is 12.8. The molecule has 2 aromatic carbocycles. The third kappa shape index (κ3) is 14.7. The van der Waals surface area contributed by atoms with Crippen LogP contribution in [0.5, 0.6) is 5.75 Å². The molecule has 20 heteroatoms. The lowest BCUT2D eigenvalue weighted by Crippen LogP contribution is -2.59. The van der Waals surface area contributed by atoms with Crippen LogP contribution in [0.4, 0.5) is 10.2 Å². The van der Waals surface area contributed by atoms with Gasteiger partial charge in [-0.05, 0) is 75.9 Å². The van der Waals surface area contributed by atoms with Gasteiger partial charge in [0.15, 0.2) is 5.65 Å². The van der Waals surface area contributed by atoms with Crippen LogP contribution in [-0.2, 0) is 28.7 Å². The molecule has 386 valence electrons. The third-order valence-corrected chi connectivity index (χ3v) is 12.8. The molecule has 1 saturated heterocycles. The van der Waals surface area contributed by atoms with Crippen LogP contribution in [0, 0.1) is 11.2 Å². The number of benzene rings is 2. The Hall–Kier alpha value is -6.22. The van der Waals surface area contributed by atoms with Gasteiger partial charge in [-0.15, -0.1) is 0 Å². The van der Waals surface area contributed by atoms with Gasteiger partial charge in [-0.2, -0.15) is 5.10 Å². The first-order valence-corrected chi connectivity index (χ1v) is 24.6. The Morgan fingerprint density at radius 1 is 0.972 bits per heavy atom. The molecule has 2 aliphatic heterocycles. The standard InChI is InChI=1S/C51H72FN11O8/c1-9-40(35-13-11-10-12-14-35)58-48(66)41-28-37(31-62(41)50(68)45(51(5,6)7)60-47(65)34(4)53-8)54-20-24-70-26-25-69-23-18-44(64)55-19-22-61-30-32(2)71-42-16-15-36(52)27-38(42)33(3)57-43-17-21-63-46(59-43)39(29-56-63)49(61)67/h10-17,21,27,29,32-34,37,40-41,45,53-54H,9,18-20,22-26,28,30-31H2,1-8H3,(H,55,64)(H,57,59)(H,58,66)(H,60,65)/t32-,33+,34-,37-,40+,41-,45+/m0/s1. The number of nitrogens with zero attached hydrogens (tertiary/aromatic N) is 5. The Morgan fingerprint density at radius 3 is 2.44 bits per heavy atom. The summed E-state index contributed by atoms with van der Waals surface area (Å²) < 4.78 is 33.7. The number of halogens is 1. The highest BCUT2D eigenvalue weighted by atomic mass is 19.1. The molecule has 6 rings (SSSR count). The average Bonchev–Trinajstić information content (AvgIpc) is 3.98. The second-order valence-electron chi connectivity index (χ2n) is 19.3. The van der Waals surface area contributed by atoms with Gasteiger partial charge in [-0.25, -0.2) is 13.9 Å². The lowest BCUT2D eigenvalue weighted by molar-refractivity contribution is -0.144. The van der Waals surface area contributed by atoms with Gasteiger partial charge in [0.2, 0.25) is 23.6 Å². The predicted octanol–water partition coefficient (Wildman–Crippen LogP) is 3.77. The number of nitrogens with one attached hydrogen (secondary N) is 6. The quantitative estimate of drug-likeness (QED) is 0.0656. The molecule has 2 aromatic heterocycles. The first kappa shape index (κ1) is 54.1. The maximum Gasteiger partial charge on any atom is 0.259 e. The van der Waals surface area contributed by atoms with Crippen molar-refractivity contribution in [2.45, 2.75) is 110 Å². The molecule has 71 heavy (non-hydrogen) atoms. The van der Waals surface area contributed by atoms with Crippen molar-refractivity contribution in [3.05, 3.63) is 89.5 Å². The van der Waals surface area contributed by atoms with Crippen molar-refractivity contribution in [3.63, 3.8) is 0 Å². The molecule has 0 spiro atoms. The topological polar surface area (TPSA) is 222 Å². The smallest absolute Gasteiger partial charge is 0.259 e. The molecular formula is C51H72FN11O8. The van der Waals surface area contributed by atoms with Crippen molar-refractivity contribution in [1.29, 1.82) is 0 Å². The van der Waals surface area contributed by atoms with Crippen LogP contribution in [-0.4, -0.2) is 150 Å². The minimum Gasteiger partial charge on any atom is -0.489 e. The van der Waals surface area contributed by atoms with E-state index in [-0.39, 0.29) is 106 Å². The maximum atomic E-state index is 14.4. The summed E-state index contributed by atoms with van der Waals surface area (Å²) in [5.41, 5.74) is 1.58. The van der Waals surface area contributed by atoms with E-state index in [0.29, 0.717) is 48.8 Å². The van der Waals surface area contributed by atoms with E-state index in [1.807, 2.05) is 71.9 Å². The molecule has 0 aliphatic carbocycles. The molecule has 0 unspecified atom stereocenters. The molecule has 2 aliphatic rings. The minimum absolute atomic E-state index is 0.0958. The molecular weight excluding hydrogens is 914 g/mol. The summed E-state index contributed by atoms with van der Waals surface area (Å²) in [4.78, 5) is 76.1. The highest BCUT2D eigenvalue weighted by molar-refractivity contribution is 6.00. The molecule has 6 N–H and O–H groups in total. The fourth-order valence-electron chi connectivity index (χ4n) is 8.68. The molecule has 2 bridgehead atoms. The second-order valence-corrected chi connectivity index (χ2v) is 19.3. The van der Waals surface area contributed by atoms with Gasteiger partial charge in [-0.3, -0.25) is 24.0 Å². The van der Waals surface area contributed by atoms with Crippen molar-refractivity contribution < 1.29 is 42.6 Å². The lowest BCUT2D eigenvalue weighted by atomic mass is 9.85. The molecule has 0 saturated carbocycles. The van der Waals surface area contributed by atoms with Crippen molar-refractivity contribution in [2.24, 2.45) is 5.41 Å². The lowest BCUT2D eigenvalue weighted by Gasteiger charge is -2.36.